The van der Waals surface area contributed by atoms with Crippen LogP contribution < -0.4 is 0 Å². The number of nitrogens with one attached hydrogen (secondary N) is 1. The highest BCUT2D eigenvalue weighted by Crippen LogP contribution is 2.33. The van der Waals surface area contributed by atoms with Gasteiger partial charge in [0.05, 0.1) is 5.60 Å². The van der Waals surface area contributed by atoms with Crippen LogP contribution in [0, 0.1) is 0 Å². The Morgan fingerprint density at radius 1 is 1.24 bits per heavy atom. The molecule has 3 nitrogen and oxygen atoms in total. The summed E-state index contributed by atoms with van der Waals surface area (Å²) < 4.78 is 0. The van der Waals surface area contributed by atoms with Gasteiger partial charge >= 0.3 is 0 Å². The maximum atomic E-state index is 10.7. The van der Waals surface area contributed by atoms with E-state index in [0.717, 1.165) is 37.0 Å². The van der Waals surface area contributed by atoms with Gasteiger partial charge in [0, 0.05) is 24.8 Å². The lowest BCUT2D eigenvalue weighted by molar-refractivity contribution is -0.0202. The van der Waals surface area contributed by atoms with Crippen LogP contribution in [-0.2, 0) is 5.60 Å². The molecule has 2 aromatic rings. The number of piperidine rings is 1. The zero-order valence-electron chi connectivity index (χ0n) is 10.1. The molecule has 17 heavy (non-hydrogen) atoms. The number of likely N-dealkylation sites (tertiary alicyclic amines) is 1. The monoisotopic (exact) mass is 230 g/mol. The minimum atomic E-state index is -0.647. The Morgan fingerprint density at radius 3 is 2.76 bits per heavy atom. The van der Waals surface area contributed by atoms with Crippen LogP contribution in [0.2, 0.25) is 0 Å². The van der Waals surface area contributed by atoms with Gasteiger partial charge in [0.1, 0.15) is 0 Å². The molecule has 3 rings (SSSR count). The van der Waals surface area contributed by atoms with Gasteiger partial charge in [-0.2, -0.15) is 0 Å². The van der Waals surface area contributed by atoms with Gasteiger partial charge in [0.25, 0.3) is 0 Å². The number of aromatic nitrogens is 1. The third-order valence-electron chi connectivity index (χ3n) is 3.91. The van der Waals surface area contributed by atoms with Crippen molar-refractivity contribution in [3.63, 3.8) is 0 Å². The number of fused-ring (bicyclic) bond motifs is 1. The average molecular weight is 230 g/mol. The molecule has 0 amide bonds. The Hall–Kier alpha value is -1.32. The first-order valence-electron chi connectivity index (χ1n) is 6.16. The van der Waals surface area contributed by atoms with Gasteiger partial charge in [-0.3, -0.25) is 0 Å². The standard InChI is InChI=1S/C14H18N2O/c1-16-8-5-14(17,6-9-16)12-3-2-11-4-7-15-13(11)10-12/h2-4,7,10,15,17H,5-6,8-9H2,1H3. The minimum Gasteiger partial charge on any atom is -0.385 e. The van der Waals surface area contributed by atoms with Crippen LogP contribution in [0.4, 0.5) is 0 Å². The number of aliphatic hydroxyl groups is 1. The molecule has 0 radical (unpaired) electrons. The van der Waals surface area contributed by atoms with Gasteiger partial charge in [-0.1, -0.05) is 12.1 Å². The van der Waals surface area contributed by atoms with E-state index in [0.29, 0.717) is 0 Å². The lowest BCUT2D eigenvalue weighted by Gasteiger charge is -2.36. The molecular formula is C14H18N2O. The zero-order valence-corrected chi connectivity index (χ0v) is 10.1. The van der Waals surface area contributed by atoms with Gasteiger partial charge in [0.2, 0.25) is 0 Å². The van der Waals surface area contributed by atoms with E-state index < -0.39 is 5.60 Å². The molecule has 3 heteroatoms. The molecule has 1 fully saturated rings. The molecule has 0 bridgehead atoms. The summed E-state index contributed by atoms with van der Waals surface area (Å²) in [6, 6.07) is 8.28. The predicted molar refractivity (Wildman–Crippen MR) is 68.9 cm³/mol. The van der Waals surface area contributed by atoms with Gasteiger partial charge in [0.15, 0.2) is 0 Å². The first kappa shape index (κ1) is 10.8. The van der Waals surface area contributed by atoms with Crippen LogP contribution in [0.5, 0.6) is 0 Å². The Balaban J connectivity index is 1.96. The minimum absolute atomic E-state index is 0.647. The first-order chi connectivity index (χ1) is 8.17. The second-order valence-corrected chi connectivity index (χ2v) is 5.11. The predicted octanol–water partition coefficient (Wildman–Crippen LogP) is 2.08. The molecule has 1 aromatic carbocycles. The maximum absolute atomic E-state index is 10.7. The van der Waals surface area contributed by atoms with Gasteiger partial charge in [-0.05, 0) is 43.0 Å². The molecule has 90 valence electrons. The summed E-state index contributed by atoms with van der Waals surface area (Å²) in [6.45, 7) is 1.92. The maximum Gasteiger partial charge on any atom is 0.0921 e. The Bertz CT molecular complexity index is 524. The van der Waals surface area contributed by atoms with Crippen molar-refractivity contribution in [1.82, 2.24) is 9.88 Å². The fourth-order valence-corrected chi connectivity index (χ4v) is 2.61. The normalized spacial score (nSPS) is 20.8. The zero-order chi connectivity index (χ0) is 11.9. The number of aromatic amines is 1. The fourth-order valence-electron chi connectivity index (χ4n) is 2.61. The van der Waals surface area contributed by atoms with Crippen molar-refractivity contribution in [1.29, 1.82) is 0 Å². The molecular weight excluding hydrogens is 212 g/mol. The number of H-pyrrole nitrogens is 1. The van der Waals surface area contributed by atoms with E-state index in [1.54, 1.807) is 0 Å². The van der Waals surface area contributed by atoms with Crippen LogP contribution in [0.25, 0.3) is 10.9 Å². The Labute approximate surface area is 101 Å². The van der Waals surface area contributed by atoms with E-state index in [1.165, 1.54) is 5.39 Å². The number of benzene rings is 1. The molecule has 0 saturated carbocycles. The van der Waals surface area contributed by atoms with Crippen molar-refractivity contribution < 1.29 is 5.11 Å². The summed E-state index contributed by atoms with van der Waals surface area (Å²) in [5, 5.41) is 11.9. The quantitative estimate of drug-likeness (QED) is 0.787. The van der Waals surface area contributed by atoms with Gasteiger partial charge < -0.3 is 15.0 Å². The Morgan fingerprint density at radius 2 is 2.00 bits per heavy atom. The van der Waals surface area contributed by atoms with E-state index in [9.17, 15) is 5.11 Å². The summed E-state index contributed by atoms with van der Waals surface area (Å²) in [5.74, 6) is 0. The van der Waals surface area contributed by atoms with E-state index in [4.69, 9.17) is 0 Å². The highest BCUT2D eigenvalue weighted by Gasteiger charge is 2.32. The molecule has 2 heterocycles. The third-order valence-corrected chi connectivity index (χ3v) is 3.91. The van der Waals surface area contributed by atoms with Gasteiger partial charge in [-0.25, -0.2) is 0 Å². The van der Waals surface area contributed by atoms with Crippen molar-refractivity contribution in [2.45, 2.75) is 18.4 Å². The second kappa shape index (κ2) is 3.86. The highest BCUT2D eigenvalue weighted by atomic mass is 16.3. The molecule has 1 aliphatic heterocycles. The summed E-state index contributed by atoms with van der Waals surface area (Å²) in [4.78, 5) is 5.47. The molecule has 1 aromatic heterocycles. The summed E-state index contributed by atoms with van der Waals surface area (Å²) >= 11 is 0. The fraction of sp³-hybridized carbons (Fsp3) is 0.429. The number of hydrogen-bond donors (Lipinski definition) is 2. The van der Waals surface area contributed by atoms with Gasteiger partial charge in [-0.15, -0.1) is 0 Å². The van der Waals surface area contributed by atoms with Crippen LogP contribution in [-0.4, -0.2) is 35.1 Å². The number of hydrogen-bond acceptors (Lipinski definition) is 2. The number of rotatable bonds is 1. The molecule has 0 unspecified atom stereocenters. The molecule has 0 atom stereocenters. The molecule has 0 spiro atoms. The third kappa shape index (κ3) is 1.85. The molecule has 2 N–H and O–H groups in total. The van der Waals surface area contributed by atoms with Crippen LogP contribution in [0.1, 0.15) is 18.4 Å². The molecule has 1 saturated heterocycles. The van der Waals surface area contributed by atoms with Crippen LogP contribution in [0.3, 0.4) is 0 Å². The van der Waals surface area contributed by atoms with Crippen LogP contribution >= 0.6 is 0 Å². The van der Waals surface area contributed by atoms with Crippen LogP contribution in [0.15, 0.2) is 30.5 Å². The number of nitrogens with zero attached hydrogens (tertiary/aromatic N) is 1. The largest absolute Gasteiger partial charge is 0.385 e. The smallest absolute Gasteiger partial charge is 0.0921 e. The molecule has 0 aliphatic carbocycles. The Kier molecular flexibility index (Phi) is 2.45. The summed E-state index contributed by atoms with van der Waals surface area (Å²) in [7, 11) is 2.10. The summed E-state index contributed by atoms with van der Waals surface area (Å²) in [5.41, 5.74) is 1.50. The van der Waals surface area contributed by atoms with E-state index >= 15 is 0 Å². The van der Waals surface area contributed by atoms with Crippen molar-refractivity contribution in [2.75, 3.05) is 20.1 Å². The highest BCUT2D eigenvalue weighted by molar-refractivity contribution is 5.80. The van der Waals surface area contributed by atoms with Crippen molar-refractivity contribution in [3.05, 3.63) is 36.0 Å². The lowest BCUT2D eigenvalue weighted by Crippen LogP contribution is -2.40. The van der Waals surface area contributed by atoms with E-state index in [-0.39, 0.29) is 0 Å². The topological polar surface area (TPSA) is 39.3 Å². The van der Waals surface area contributed by atoms with Crippen molar-refractivity contribution in [3.8, 4) is 0 Å². The van der Waals surface area contributed by atoms with Crippen molar-refractivity contribution in [2.24, 2.45) is 0 Å². The lowest BCUT2D eigenvalue weighted by atomic mass is 9.84. The second-order valence-electron chi connectivity index (χ2n) is 5.11. The van der Waals surface area contributed by atoms with E-state index in [1.807, 2.05) is 6.20 Å². The molecule has 1 aliphatic rings. The summed E-state index contributed by atoms with van der Waals surface area (Å²) in [6.07, 6.45) is 3.57. The van der Waals surface area contributed by atoms with Crippen molar-refractivity contribution >= 4 is 10.9 Å². The average Bonchev–Trinajstić information content (AvgIpc) is 2.80. The first-order valence-corrected chi connectivity index (χ1v) is 6.16. The van der Waals surface area contributed by atoms with E-state index in [2.05, 4.69) is 41.2 Å². The SMILES string of the molecule is CN1CCC(O)(c2ccc3cc[nH]c3c2)CC1.